The molecule has 3 aromatic rings. The lowest BCUT2D eigenvalue weighted by Crippen LogP contribution is -2.40. The number of sulfonamides is 1. The van der Waals surface area contributed by atoms with E-state index in [0.29, 0.717) is 22.0 Å². The lowest BCUT2D eigenvalue weighted by Gasteiger charge is -2.30. The number of pyridine rings is 1. The van der Waals surface area contributed by atoms with Crippen molar-refractivity contribution in [3.8, 4) is 0 Å². The van der Waals surface area contributed by atoms with Crippen LogP contribution in [-0.2, 0) is 14.8 Å². The Balaban J connectivity index is 1.42. The van der Waals surface area contributed by atoms with E-state index in [1.807, 2.05) is 0 Å². The summed E-state index contributed by atoms with van der Waals surface area (Å²) in [5, 5.41) is 5.05. The number of likely N-dealkylation sites (tertiary alicyclic amines) is 1. The molecule has 3 aromatic heterocycles. The van der Waals surface area contributed by atoms with Crippen LogP contribution in [0.1, 0.15) is 12.8 Å². The van der Waals surface area contributed by atoms with Crippen LogP contribution in [-0.4, -0.2) is 55.4 Å². The van der Waals surface area contributed by atoms with Crippen LogP contribution in [0.15, 0.2) is 33.9 Å². The molecule has 0 aromatic carbocycles. The standard InChI is InChI=1S/C18H22N6O3S3/c19-7-10-24-8-5-12(6-9-24)16(25)22-18-20-13-3-4-14(21-17(13)29-18)23-30(26,27)15-2-1-11-28-15/h1-4,11-12H,5-10,19H2,(H,21,23)(H,20,22,25). The van der Waals surface area contributed by atoms with Crippen molar-refractivity contribution in [3.05, 3.63) is 29.6 Å². The first-order valence-electron chi connectivity index (χ1n) is 9.52. The summed E-state index contributed by atoms with van der Waals surface area (Å²) in [6.07, 6.45) is 1.59. The van der Waals surface area contributed by atoms with Crippen molar-refractivity contribution in [2.75, 3.05) is 36.2 Å². The quantitative estimate of drug-likeness (QED) is 0.486. The Labute approximate surface area is 182 Å². The first-order valence-corrected chi connectivity index (χ1v) is 12.7. The Bertz CT molecular complexity index is 1120. The topological polar surface area (TPSA) is 130 Å². The summed E-state index contributed by atoms with van der Waals surface area (Å²) in [4.78, 5) is 24.2. The molecule has 0 radical (unpaired) electrons. The van der Waals surface area contributed by atoms with Crippen LogP contribution in [0.4, 0.5) is 10.9 Å². The van der Waals surface area contributed by atoms with Gasteiger partial charge in [-0.25, -0.2) is 18.4 Å². The lowest BCUT2D eigenvalue weighted by molar-refractivity contribution is -0.121. The maximum Gasteiger partial charge on any atom is 0.272 e. The Kier molecular flexibility index (Phi) is 6.29. The molecule has 160 valence electrons. The highest BCUT2D eigenvalue weighted by atomic mass is 32.2. The fourth-order valence-corrected chi connectivity index (χ4v) is 6.18. The number of amides is 1. The van der Waals surface area contributed by atoms with Gasteiger partial charge in [0.05, 0.1) is 0 Å². The van der Waals surface area contributed by atoms with Crippen molar-refractivity contribution in [2.24, 2.45) is 11.7 Å². The SMILES string of the molecule is NCCN1CCC(C(=O)Nc2nc3ccc(NS(=O)(=O)c4cccs4)nc3s2)CC1. The fourth-order valence-electron chi connectivity index (χ4n) is 3.34. The molecule has 9 nitrogen and oxygen atoms in total. The molecule has 1 amide bonds. The molecule has 1 saturated heterocycles. The minimum Gasteiger partial charge on any atom is -0.329 e. The number of nitrogens with zero attached hydrogens (tertiary/aromatic N) is 3. The summed E-state index contributed by atoms with van der Waals surface area (Å²) >= 11 is 2.36. The average molecular weight is 467 g/mol. The predicted octanol–water partition coefficient (Wildman–Crippen LogP) is 2.16. The molecule has 0 unspecified atom stereocenters. The van der Waals surface area contributed by atoms with Crippen LogP contribution < -0.4 is 15.8 Å². The van der Waals surface area contributed by atoms with Gasteiger partial charge in [0.25, 0.3) is 10.0 Å². The number of fused-ring (bicyclic) bond motifs is 1. The van der Waals surface area contributed by atoms with Crippen LogP contribution in [0.3, 0.4) is 0 Å². The number of nitrogens with two attached hydrogens (primary N) is 1. The second-order valence-corrected chi connectivity index (χ2v) is 10.8. The van der Waals surface area contributed by atoms with E-state index in [0.717, 1.165) is 43.8 Å². The molecule has 4 rings (SSSR count). The van der Waals surface area contributed by atoms with Gasteiger partial charge in [0.2, 0.25) is 5.91 Å². The molecule has 1 aliphatic heterocycles. The average Bonchev–Trinajstić information content (AvgIpc) is 3.38. The highest BCUT2D eigenvalue weighted by molar-refractivity contribution is 7.94. The summed E-state index contributed by atoms with van der Waals surface area (Å²) in [6, 6.07) is 6.46. The monoisotopic (exact) mass is 466 g/mol. The molecule has 0 saturated carbocycles. The third-order valence-corrected chi connectivity index (χ3v) is 8.52. The van der Waals surface area contributed by atoms with Gasteiger partial charge < -0.3 is 16.0 Å². The lowest BCUT2D eigenvalue weighted by atomic mass is 9.96. The zero-order chi connectivity index (χ0) is 21.1. The van der Waals surface area contributed by atoms with Crippen LogP contribution in [0.25, 0.3) is 10.3 Å². The number of thiazole rings is 1. The molecule has 0 spiro atoms. The van der Waals surface area contributed by atoms with Crippen molar-refractivity contribution in [1.29, 1.82) is 0 Å². The maximum absolute atomic E-state index is 12.6. The molecule has 1 fully saturated rings. The number of hydrogen-bond donors (Lipinski definition) is 3. The zero-order valence-electron chi connectivity index (χ0n) is 16.1. The minimum absolute atomic E-state index is 0.0416. The van der Waals surface area contributed by atoms with E-state index >= 15 is 0 Å². The van der Waals surface area contributed by atoms with E-state index in [9.17, 15) is 13.2 Å². The number of rotatable bonds is 7. The number of piperidine rings is 1. The van der Waals surface area contributed by atoms with Crippen molar-refractivity contribution < 1.29 is 13.2 Å². The molecule has 4 heterocycles. The Hall–Kier alpha value is -2.12. The summed E-state index contributed by atoms with van der Waals surface area (Å²) in [5.41, 5.74) is 6.19. The molecule has 1 aliphatic rings. The van der Waals surface area contributed by atoms with Crippen molar-refractivity contribution in [1.82, 2.24) is 14.9 Å². The van der Waals surface area contributed by atoms with Gasteiger partial charge in [0.1, 0.15) is 20.4 Å². The molecule has 30 heavy (non-hydrogen) atoms. The van der Waals surface area contributed by atoms with Gasteiger partial charge in [0.15, 0.2) is 5.13 Å². The van der Waals surface area contributed by atoms with Crippen molar-refractivity contribution in [2.45, 2.75) is 17.1 Å². The van der Waals surface area contributed by atoms with E-state index < -0.39 is 10.0 Å². The summed E-state index contributed by atoms with van der Waals surface area (Å²) in [5.74, 6) is 0.122. The highest BCUT2D eigenvalue weighted by Crippen LogP contribution is 2.28. The zero-order valence-corrected chi connectivity index (χ0v) is 18.5. The van der Waals surface area contributed by atoms with Crippen LogP contribution in [0.2, 0.25) is 0 Å². The van der Waals surface area contributed by atoms with Crippen molar-refractivity contribution >= 4 is 59.9 Å². The Morgan fingerprint density at radius 2 is 2.03 bits per heavy atom. The molecular formula is C18H22N6O3S3. The third-order valence-electron chi connectivity index (χ3n) is 4.89. The van der Waals surface area contributed by atoms with Crippen molar-refractivity contribution in [3.63, 3.8) is 0 Å². The van der Waals surface area contributed by atoms with Crippen LogP contribution in [0.5, 0.6) is 0 Å². The summed E-state index contributed by atoms with van der Waals surface area (Å²) in [6.45, 7) is 3.21. The molecule has 0 bridgehead atoms. The van der Waals surface area contributed by atoms with Gasteiger partial charge >= 0.3 is 0 Å². The highest BCUT2D eigenvalue weighted by Gasteiger charge is 2.25. The van der Waals surface area contributed by atoms with Gasteiger partial charge in [-0.2, -0.15) is 0 Å². The first kappa shape index (κ1) is 21.1. The van der Waals surface area contributed by atoms with Gasteiger partial charge in [-0.1, -0.05) is 17.4 Å². The largest absolute Gasteiger partial charge is 0.329 e. The number of thiophene rings is 1. The molecule has 4 N–H and O–H groups in total. The van der Waals surface area contributed by atoms with Gasteiger partial charge in [0, 0.05) is 19.0 Å². The maximum atomic E-state index is 12.6. The number of hydrogen-bond acceptors (Lipinski definition) is 9. The minimum atomic E-state index is -3.67. The fraction of sp³-hybridized carbons (Fsp3) is 0.389. The number of carbonyl (C=O) groups excluding carboxylic acids is 1. The van der Waals surface area contributed by atoms with E-state index in [1.165, 1.54) is 17.4 Å². The van der Waals surface area contributed by atoms with E-state index in [-0.39, 0.29) is 21.9 Å². The second-order valence-electron chi connectivity index (χ2n) is 6.97. The van der Waals surface area contributed by atoms with Gasteiger partial charge in [-0.15, -0.1) is 11.3 Å². The molecule has 12 heteroatoms. The smallest absolute Gasteiger partial charge is 0.272 e. The summed E-state index contributed by atoms with van der Waals surface area (Å²) < 4.78 is 27.4. The van der Waals surface area contributed by atoms with Gasteiger partial charge in [-0.05, 0) is 49.5 Å². The van der Waals surface area contributed by atoms with E-state index in [1.54, 1.807) is 23.6 Å². The van der Waals surface area contributed by atoms with Crippen LogP contribution in [0, 0.1) is 5.92 Å². The van der Waals surface area contributed by atoms with E-state index in [4.69, 9.17) is 5.73 Å². The Morgan fingerprint density at radius 1 is 1.23 bits per heavy atom. The first-order chi connectivity index (χ1) is 14.4. The second kappa shape index (κ2) is 8.94. The third kappa shape index (κ3) is 4.78. The van der Waals surface area contributed by atoms with Gasteiger partial charge in [-0.3, -0.25) is 9.52 Å². The molecule has 0 atom stereocenters. The summed E-state index contributed by atoms with van der Waals surface area (Å²) in [7, 11) is -3.67. The number of aromatic nitrogens is 2. The number of anilines is 2. The van der Waals surface area contributed by atoms with Crippen LogP contribution >= 0.6 is 22.7 Å². The van der Waals surface area contributed by atoms with E-state index in [2.05, 4.69) is 24.9 Å². The number of nitrogens with one attached hydrogen (secondary N) is 2. The molecular weight excluding hydrogens is 444 g/mol. The normalized spacial score (nSPS) is 16.0. The predicted molar refractivity (Wildman–Crippen MR) is 119 cm³/mol. The molecule has 0 aliphatic carbocycles. The number of carbonyl (C=O) groups is 1. The Morgan fingerprint density at radius 3 is 2.73 bits per heavy atom.